The average Bonchev–Trinajstić information content (AvgIpc) is 3.69. The van der Waals surface area contributed by atoms with Crippen molar-refractivity contribution in [2.75, 3.05) is 11.5 Å². The summed E-state index contributed by atoms with van der Waals surface area (Å²) in [5.74, 6) is 1.78. The van der Waals surface area contributed by atoms with E-state index in [1.54, 1.807) is 6.26 Å². The van der Waals surface area contributed by atoms with E-state index in [1.807, 2.05) is 60.4 Å². The van der Waals surface area contributed by atoms with Crippen LogP contribution in [0, 0.1) is 11.2 Å². The monoisotopic (exact) mass is 612 g/mol. The Bertz CT molecular complexity index is 1810. The summed E-state index contributed by atoms with van der Waals surface area (Å²) in [5, 5.41) is 10.2. The summed E-state index contributed by atoms with van der Waals surface area (Å²) >= 11 is 1.87. The Balaban J connectivity index is 1.42. The van der Waals surface area contributed by atoms with Gasteiger partial charge in [-0.1, -0.05) is 44.2 Å². The predicted molar refractivity (Wildman–Crippen MR) is 173 cm³/mol. The number of nitrogens with zero attached hydrogens (tertiary/aromatic N) is 1. The van der Waals surface area contributed by atoms with E-state index in [1.165, 1.54) is 6.07 Å². The van der Waals surface area contributed by atoms with Gasteiger partial charge in [0.15, 0.2) is 11.6 Å². The normalized spacial score (nSPS) is 18.7. The molecule has 0 aliphatic carbocycles. The molecule has 2 aromatic heterocycles. The topological polar surface area (TPSA) is 88.3 Å². The summed E-state index contributed by atoms with van der Waals surface area (Å²) in [7, 11) is 0. The molecular weight excluding hydrogens is 575 g/mol. The van der Waals surface area contributed by atoms with Gasteiger partial charge < -0.3 is 19.2 Å². The van der Waals surface area contributed by atoms with Gasteiger partial charge in [0, 0.05) is 46.1 Å². The molecule has 1 atom stereocenters. The van der Waals surface area contributed by atoms with Crippen LogP contribution < -0.4 is 4.74 Å². The molecule has 5 aromatic rings. The molecule has 0 saturated carbocycles. The number of H-pyrrole nitrogens is 1. The van der Waals surface area contributed by atoms with E-state index in [9.17, 15) is 9.90 Å². The summed E-state index contributed by atoms with van der Waals surface area (Å²) in [6, 6.07) is 19.1. The van der Waals surface area contributed by atoms with Crippen molar-refractivity contribution in [3.63, 3.8) is 0 Å². The van der Waals surface area contributed by atoms with Crippen LogP contribution in [0.15, 0.2) is 77.5 Å². The lowest BCUT2D eigenvalue weighted by molar-refractivity contribution is -0.136. The van der Waals surface area contributed by atoms with Crippen molar-refractivity contribution in [1.29, 1.82) is 0 Å². The van der Waals surface area contributed by atoms with Crippen molar-refractivity contribution in [3.8, 4) is 23.0 Å². The van der Waals surface area contributed by atoms with E-state index in [4.69, 9.17) is 14.1 Å². The smallest absolute Gasteiger partial charge is 0.303 e. The fourth-order valence-corrected chi connectivity index (χ4v) is 7.17. The molecule has 3 aromatic carbocycles. The third-order valence-electron chi connectivity index (χ3n) is 8.72. The van der Waals surface area contributed by atoms with Gasteiger partial charge >= 0.3 is 5.97 Å². The van der Waals surface area contributed by atoms with Gasteiger partial charge in [0.05, 0.1) is 5.69 Å². The number of nitrogens with one attached hydrogen (secondary N) is 1. The van der Waals surface area contributed by atoms with E-state index in [0.29, 0.717) is 24.5 Å². The Kier molecular flexibility index (Phi) is 8.29. The molecule has 6 nitrogen and oxygen atoms in total. The second-order valence-electron chi connectivity index (χ2n) is 12.7. The maximum absolute atomic E-state index is 15.5. The van der Waals surface area contributed by atoms with Gasteiger partial charge in [-0.15, -0.1) is 0 Å². The van der Waals surface area contributed by atoms with Gasteiger partial charge in [0.2, 0.25) is 5.89 Å². The number of fused-ring (bicyclic) bond motifs is 8. The number of aromatic nitrogens is 2. The summed E-state index contributed by atoms with van der Waals surface area (Å²) in [6.45, 7) is 6.78. The highest BCUT2D eigenvalue weighted by atomic mass is 32.2. The minimum atomic E-state index is -0.808. The molecule has 0 amide bonds. The number of aryl methyl sites for hydroxylation is 2. The molecule has 0 fully saturated rings. The maximum Gasteiger partial charge on any atom is 0.303 e. The summed E-state index contributed by atoms with van der Waals surface area (Å²) < 4.78 is 27.9. The van der Waals surface area contributed by atoms with Crippen LogP contribution >= 0.6 is 11.8 Å². The molecule has 1 aliphatic heterocycles. The third kappa shape index (κ3) is 6.27. The van der Waals surface area contributed by atoms with Gasteiger partial charge in [-0.3, -0.25) is 4.79 Å². The first-order valence-electron chi connectivity index (χ1n) is 15.0. The number of hydrogen-bond donors (Lipinski definition) is 2. The van der Waals surface area contributed by atoms with Crippen molar-refractivity contribution in [2.24, 2.45) is 5.41 Å². The van der Waals surface area contributed by atoms with Crippen LogP contribution in [0.2, 0.25) is 0 Å². The molecule has 44 heavy (non-hydrogen) atoms. The van der Waals surface area contributed by atoms with Crippen LogP contribution in [-0.4, -0.2) is 32.5 Å². The van der Waals surface area contributed by atoms with E-state index in [0.717, 1.165) is 63.2 Å². The summed E-state index contributed by atoms with van der Waals surface area (Å²) in [6.07, 6.45) is 6.56. The van der Waals surface area contributed by atoms with E-state index in [2.05, 4.69) is 37.9 Å². The predicted octanol–water partition coefficient (Wildman–Crippen LogP) is 9.17. The quantitative estimate of drug-likeness (QED) is 0.210. The Labute approximate surface area is 261 Å². The first-order chi connectivity index (χ1) is 21.1. The second kappa shape index (κ2) is 12.2. The molecular formula is C36H37FN2O4S. The fraction of sp³-hybridized carbons (Fsp3) is 0.333. The van der Waals surface area contributed by atoms with Crippen LogP contribution in [0.4, 0.5) is 4.39 Å². The molecule has 8 heteroatoms. The number of aromatic amines is 1. The Hall–Kier alpha value is -4.04. The van der Waals surface area contributed by atoms with Gasteiger partial charge in [-0.05, 0) is 84.9 Å². The maximum atomic E-state index is 15.5. The SMILES string of the molecule is CC1(C)CCC(C)(c2cccc(CCC(=O)O)c2)c2coc(n2)-c2cccc(c2)Oc2c(F)cc3[nH]ccc3c2CCSC1. The van der Waals surface area contributed by atoms with Crippen molar-refractivity contribution in [2.45, 2.75) is 58.3 Å². The fourth-order valence-electron chi connectivity index (χ4n) is 5.98. The van der Waals surface area contributed by atoms with Crippen molar-refractivity contribution in [3.05, 3.63) is 101 Å². The number of carboxylic acids is 1. The number of carbonyl (C=O) groups is 1. The minimum absolute atomic E-state index is 0.0185. The Morgan fingerprint density at radius 2 is 1.93 bits per heavy atom. The number of hydrogen-bond acceptors (Lipinski definition) is 5. The zero-order valence-corrected chi connectivity index (χ0v) is 26.1. The highest BCUT2D eigenvalue weighted by molar-refractivity contribution is 7.99. The lowest BCUT2D eigenvalue weighted by Crippen LogP contribution is -2.28. The first kappa shape index (κ1) is 30.0. The summed E-state index contributed by atoms with van der Waals surface area (Å²) in [4.78, 5) is 19.4. The molecule has 3 heterocycles. The highest BCUT2D eigenvalue weighted by Gasteiger charge is 2.35. The number of rotatable bonds is 4. The average molecular weight is 613 g/mol. The molecule has 1 unspecified atom stereocenters. The largest absolute Gasteiger partial charge is 0.481 e. The van der Waals surface area contributed by atoms with Crippen molar-refractivity contribution in [1.82, 2.24) is 9.97 Å². The zero-order chi connectivity index (χ0) is 30.9. The van der Waals surface area contributed by atoms with E-state index < -0.39 is 17.2 Å². The molecule has 228 valence electrons. The molecule has 4 bridgehead atoms. The third-order valence-corrected chi connectivity index (χ3v) is 10.2. The van der Waals surface area contributed by atoms with Crippen LogP contribution in [-0.2, 0) is 23.1 Å². The number of oxazole rings is 1. The number of ether oxygens (including phenoxy) is 1. The molecule has 6 rings (SSSR count). The first-order valence-corrected chi connectivity index (χ1v) is 16.2. The van der Waals surface area contributed by atoms with Gasteiger partial charge in [-0.2, -0.15) is 11.8 Å². The van der Waals surface area contributed by atoms with Crippen LogP contribution in [0.1, 0.15) is 62.4 Å². The van der Waals surface area contributed by atoms with Gasteiger partial charge in [-0.25, -0.2) is 9.37 Å². The number of halogens is 1. The highest BCUT2D eigenvalue weighted by Crippen LogP contribution is 2.42. The van der Waals surface area contributed by atoms with E-state index >= 15 is 4.39 Å². The lowest BCUT2D eigenvalue weighted by atomic mass is 9.72. The van der Waals surface area contributed by atoms with Crippen LogP contribution in [0.25, 0.3) is 22.4 Å². The molecule has 0 saturated heterocycles. The Morgan fingerprint density at radius 1 is 1.09 bits per heavy atom. The number of aliphatic carboxylic acids is 1. The Morgan fingerprint density at radius 3 is 2.77 bits per heavy atom. The molecule has 1 aliphatic rings. The standard InChI is InChI=1S/C36H37FN2O4S/c1-35(2)14-15-36(3,25-8-4-6-23(18-25)10-11-32(40)41)31-21-42-34(39-31)24-7-5-9-26(19-24)43-33-28(13-17-44-22-35)27-12-16-38-30(27)20-29(33)37/h4-9,12,16,18-21,38H,10-11,13-15,17,22H2,1-3H3,(H,40,41). The van der Waals surface area contributed by atoms with Gasteiger partial charge in [0.25, 0.3) is 0 Å². The molecule has 0 spiro atoms. The molecule has 2 N–H and O–H groups in total. The van der Waals surface area contributed by atoms with Crippen LogP contribution in [0.5, 0.6) is 11.5 Å². The summed E-state index contributed by atoms with van der Waals surface area (Å²) in [5.41, 5.74) is 4.78. The van der Waals surface area contributed by atoms with Gasteiger partial charge in [0.1, 0.15) is 12.0 Å². The lowest BCUT2D eigenvalue weighted by Gasteiger charge is -2.33. The number of benzene rings is 3. The van der Waals surface area contributed by atoms with E-state index in [-0.39, 0.29) is 17.6 Å². The number of thioether (sulfide) groups is 1. The zero-order valence-electron chi connectivity index (χ0n) is 25.3. The molecule has 0 radical (unpaired) electrons. The van der Waals surface area contributed by atoms with Crippen molar-refractivity contribution >= 4 is 28.6 Å². The number of carboxylic acid groups (broad SMARTS) is 1. The minimum Gasteiger partial charge on any atom is -0.481 e. The van der Waals surface area contributed by atoms with Crippen molar-refractivity contribution < 1.29 is 23.4 Å². The second-order valence-corrected chi connectivity index (χ2v) is 13.8. The van der Waals surface area contributed by atoms with Crippen LogP contribution in [0.3, 0.4) is 0 Å².